The summed E-state index contributed by atoms with van der Waals surface area (Å²) >= 11 is 14.1. The maximum atomic E-state index is 12.8. The fourth-order valence-electron chi connectivity index (χ4n) is 2.98. The zero-order chi connectivity index (χ0) is 23.2. The summed E-state index contributed by atoms with van der Waals surface area (Å²) in [4.78, 5) is 28.1. The van der Waals surface area contributed by atoms with Gasteiger partial charge in [0.25, 0.3) is 11.6 Å². The van der Waals surface area contributed by atoms with Gasteiger partial charge in [-0.3, -0.25) is 19.9 Å². The van der Waals surface area contributed by atoms with Crippen molar-refractivity contribution in [3.05, 3.63) is 72.7 Å². The van der Waals surface area contributed by atoms with Crippen molar-refractivity contribution in [1.29, 1.82) is 0 Å². The number of fused-ring (bicyclic) bond motifs is 1. The zero-order valence-electron chi connectivity index (χ0n) is 16.0. The van der Waals surface area contributed by atoms with Crippen molar-refractivity contribution < 1.29 is 18.1 Å². The van der Waals surface area contributed by atoms with Crippen LogP contribution in [0.25, 0.3) is 5.57 Å². The second kappa shape index (κ2) is 8.49. The lowest BCUT2D eigenvalue weighted by atomic mass is 10.1. The Hall–Kier alpha value is -2.44. The number of hydrogen-bond acceptors (Lipinski definition) is 8. The number of thiophene rings is 1. The van der Waals surface area contributed by atoms with Gasteiger partial charge in [-0.15, -0.1) is 11.3 Å². The summed E-state index contributed by atoms with van der Waals surface area (Å²) in [7, 11) is -3.57. The molecule has 0 aliphatic carbocycles. The zero-order valence-corrected chi connectivity index (χ0v) is 19.9. The van der Waals surface area contributed by atoms with E-state index in [-0.39, 0.29) is 35.4 Å². The fourth-order valence-corrected chi connectivity index (χ4v) is 7.28. The Labute approximate surface area is 200 Å². The first-order valence-corrected chi connectivity index (χ1v) is 12.6. The highest BCUT2D eigenvalue weighted by atomic mass is 35.5. The molecular formula is C19H11Cl2N3O5S3. The van der Waals surface area contributed by atoms with Crippen LogP contribution in [0, 0.1) is 10.1 Å². The Balaban J connectivity index is 1.63. The van der Waals surface area contributed by atoms with Crippen molar-refractivity contribution in [3.8, 4) is 0 Å². The SMILES string of the molecule is CC1=CS(=O)(=O)c2cc(NC(=O)c3cc([N+](=O)[O-])c(Sc4c(Cl)cncc4Cl)s3)ccc21. The summed E-state index contributed by atoms with van der Waals surface area (Å²) in [5.74, 6) is -0.614. The van der Waals surface area contributed by atoms with Gasteiger partial charge in [0, 0.05) is 29.6 Å². The molecular weight excluding hydrogens is 517 g/mol. The Kier molecular flexibility index (Phi) is 6.03. The van der Waals surface area contributed by atoms with E-state index in [0.717, 1.165) is 29.2 Å². The summed E-state index contributed by atoms with van der Waals surface area (Å²) in [6.45, 7) is 1.69. The number of sulfone groups is 1. The van der Waals surface area contributed by atoms with Crippen molar-refractivity contribution in [2.45, 2.75) is 20.9 Å². The lowest BCUT2D eigenvalue weighted by molar-refractivity contribution is -0.387. The third kappa shape index (κ3) is 4.26. The van der Waals surface area contributed by atoms with Gasteiger partial charge in [-0.2, -0.15) is 0 Å². The highest BCUT2D eigenvalue weighted by Gasteiger charge is 2.27. The molecule has 164 valence electrons. The van der Waals surface area contributed by atoms with Crippen molar-refractivity contribution in [1.82, 2.24) is 4.98 Å². The summed E-state index contributed by atoms with van der Waals surface area (Å²) in [5.41, 5.74) is 1.16. The summed E-state index contributed by atoms with van der Waals surface area (Å²) in [6, 6.07) is 5.70. The van der Waals surface area contributed by atoms with Crippen molar-refractivity contribution in [2.75, 3.05) is 5.32 Å². The van der Waals surface area contributed by atoms with Gasteiger partial charge < -0.3 is 5.32 Å². The Morgan fingerprint density at radius 1 is 1.22 bits per heavy atom. The number of anilines is 1. The number of rotatable bonds is 5. The minimum absolute atomic E-state index is 0.0677. The van der Waals surface area contributed by atoms with E-state index in [1.807, 2.05) is 0 Å². The molecule has 0 saturated carbocycles. The van der Waals surface area contributed by atoms with Crippen molar-refractivity contribution >= 4 is 79.0 Å². The number of hydrogen-bond donors (Lipinski definition) is 1. The van der Waals surface area contributed by atoms with E-state index in [9.17, 15) is 23.3 Å². The Morgan fingerprint density at radius 3 is 2.56 bits per heavy atom. The first-order chi connectivity index (χ1) is 15.1. The molecule has 1 N–H and O–H groups in total. The molecule has 0 atom stereocenters. The third-order valence-electron chi connectivity index (χ3n) is 4.41. The minimum Gasteiger partial charge on any atom is -0.321 e. The van der Waals surface area contributed by atoms with Crippen LogP contribution in [-0.2, 0) is 9.84 Å². The number of nitro groups is 1. The van der Waals surface area contributed by atoms with Gasteiger partial charge >= 0.3 is 0 Å². The van der Waals surface area contributed by atoms with Crippen LogP contribution in [0.4, 0.5) is 11.4 Å². The number of carbonyl (C=O) groups is 1. The van der Waals surface area contributed by atoms with Crippen LogP contribution in [0.1, 0.15) is 22.2 Å². The molecule has 3 aromatic rings. The number of benzene rings is 1. The first-order valence-electron chi connectivity index (χ1n) is 8.71. The van der Waals surface area contributed by atoms with E-state index in [0.29, 0.717) is 16.0 Å². The van der Waals surface area contributed by atoms with Crippen molar-refractivity contribution in [2.24, 2.45) is 0 Å². The molecule has 1 aliphatic heterocycles. The molecule has 8 nitrogen and oxygen atoms in total. The van der Waals surface area contributed by atoms with Crippen LogP contribution in [0.15, 0.2) is 56.1 Å². The number of pyridine rings is 1. The number of carbonyl (C=O) groups excluding carboxylic acids is 1. The van der Waals surface area contributed by atoms with Gasteiger partial charge in [0.15, 0.2) is 0 Å². The standard InChI is InChI=1S/C19H11Cl2N3O5S3/c1-9-8-32(28,29)16-4-10(2-3-11(9)16)23-18(25)15-5-14(24(26)27)19(30-15)31-17-12(20)6-22-7-13(17)21/h2-8H,1H3,(H,23,25). The molecule has 0 saturated heterocycles. The average molecular weight is 528 g/mol. The van der Waals surface area contributed by atoms with Crippen LogP contribution in [0.3, 0.4) is 0 Å². The smallest absolute Gasteiger partial charge is 0.294 e. The predicted octanol–water partition coefficient (Wildman–Crippen LogP) is 5.91. The van der Waals surface area contributed by atoms with E-state index < -0.39 is 20.7 Å². The lowest BCUT2D eigenvalue weighted by Gasteiger charge is -2.07. The highest BCUT2D eigenvalue weighted by molar-refractivity contribution is 8.01. The molecule has 1 aliphatic rings. The maximum absolute atomic E-state index is 12.8. The van der Waals surface area contributed by atoms with Crippen LogP contribution in [0.2, 0.25) is 10.0 Å². The Morgan fingerprint density at radius 2 is 1.91 bits per heavy atom. The fraction of sp³-hybridized carbons (Fsp3) is 0.0526. The van der Waals surface area contributed by atoms with Gasteiger partial charge in [-0.1, -0.05) is 41.0 Å². The lowest BCUT2D eigenvalue weighted by Crippen LogP contribution is -2.10. The topological polar surface area (TPSA) is 119 Å². The number of aromatic nitrogens is 1. The number of halogens is 2. The van der Waals surface area contributed by atoms with E-state index in [2.05, 4.69) is 10.3 Å². The summed E-state index contributed by atoms with van der Waals surface area (Å²) in [6.07, 6.45) is 2.72. The number of amides is 1. The Bertz CT molecular complexity index is 1410. The van der Waals surface area contributed by atoms with Gasteiger partial charge in [0.1, 0.15) is 9.09 Å². The van der Waals surface area contributed by atoms with Gasteiger partial charge in [-0.25, -0.2) is 8.42 Å². The summed E-state index contributed by atoms with van der Waals surface area (Å²) in [5, 5.41) is 15.7. The van der Waals surface area contributed by atoms with Crippen LogP contribution in [0.5, 0.6) is 0 Å². The predicted molar refractivity (Wildman–Crippen MR) is 125 cm³/mol. The largest absolute Gasteiger partial charge is 0.321 e. The summed E-state index contributed by atoms with van der Waals surface area (Å²) < 4.78 is 24.7. The molecule has 0 spiro atoms. The molecule has 3 heterocycles. The number of allylic oxidation sites excluding steroid dienone is 1. The first kappa shape index (κ1) is 22.7. The van der Waals surface area contributed by atoms with Gasteiger partial charge in [0.2, 0.25) is 9.84 Å². The molecule has 0 radical (unpaired) electrons. The van der Waals surface area contributed by atoms with Crippen LogP contribution in [-0.4, -0.2) is 24.2 Å². The molecule has 1 aromatic carbocycles. The molecule has 0 bridgehead atoms. The van der Waals surface area contributed by atoms with Crippen molar-refractivity contribution in [3.63, 3.8) is 0 Å². The van der Waals surface area contributed by atoms with E-state index in [1.165, 1.54) is 23.9 Å². The van der Waals surface area contributed by atoms with E-state index in [1.54, 1.807) is 19.1 Å². The molecule has 13 heteroatoms. The quantitative estimate of drug-likeness (QED) is 0.323. The minimum atomic E-state index is -3.57. The molecule has 2 aromatic heterocycles. The normalized spacial score (nSPS) is 14.0. The highest BCUT2D eigenvalue weighted by Crippen LogP contribution is 2.46. The van der Waals surface area contributed by atoms with E-state index in [4.69, 9.17) is 23.2 Å². The average Bonchev–Trinajstić information content (AvgIpc) is 3.24. The second-order valence-corrected chi connectivity index (χ2v) is 11.5. The van der Waals surface area contributed by atoms with E-state index >= 15 is 0 Å². The third-order valence-corrected chi connectivity index (χ3v) is 9.28. The van der Waals surface area contributed by atoms with Crippen LogP contribution < -0.4 is 5.32 Å². The van der Waals surface area contributed by atoms with Crippen LogP contribution >= 0.6 is 46.3 Å². The molecule has 0 unspecified atom stereocenters. The number of nitrogens with zero attached hydrogens (tertiary/aromatic N) is 2. The second-order valence-electron chi connectivity index (χ2n) is 6.59. The number of nitrogens with one attached hydrogen (secondary N) is 1. The molecule has 32 heavy (non-hydrogen) atoms. The molecule has 1 amide bonds. The van der Waals surface area contributed by atoms with Gasteiger partial charge in [0.05, 0.1) is 24.8 Å². The maximum Gasteiger partial charge on any atom is 0.294 e. The van der Waals surface area contributed by atoms with Gasteiger partial charge in [-0.05, 0) is 30.2 Å². The molecule has 4 rings (SSSR count). The monoisotopic (exact) mass is 527 g/mol. The molecule has 0 fully saturated rings.